The van der Waals surface area contributed by atoms with Crippen molar-refractivity contribution in [2.45, 2.75) is 23.5 Å². The van der Waals surface area contributed by atoms with Crippen molar-refractivity contribution in [3.8, 4) is 0 Å². The van der Waals surface area contributed by atoms with Gasteiger partial charge in [0.1, 0.15) is 5.82 Å². The smallest absolute Gasteiger partial charge is 0.139 e. The molecule has 0 unspecified atom stereocenters. The molecule has 1 atom stereocenters. The Morgan fingerprint density at radius 2 is 1.74 bits per heavy atom. The normalized spacial score (nSPS) is 12.2. The summed E-state index contributed by atoms with van der Waals surface area (Å²) in [6.07, 6.45) is 1.80. The predicted octanol–water partition coefficient (Wildman–Crippen LogP) is 4.38. The molecule has 3 aromatic rings. The number of rotatable bonds is 6. The largest absolute Gasteiger partial charge is 0.254 e. The lowest BCUT2D eigenvalue weighted by Crippen LogP contribution is -2.00. The molecule has 0 saturated heterocycles. The van der Waals surface area contributed by atoms with Crippen molar-refractivity contribution in [2.75, 3.05) is 0 Å². The van der Waals surface area contributed by atoms with E-state index in [0.29, 0.717) is 0 Å². The van der Waals surface area contributed by atoms with E-state index < -0.39 is 16.6 Å². The van der Waals surface area contributed by atoms with E-state index in [1.807, 2.05) is 23.6 Å². The minimum atomic E-state index is -1.40. The number of benzene rings is 2. The molecule has 2 nitrogen and oxygen atoms in total. The minimum Gasteiger partial charge on any atom is -0.254 e. The quantitative estimate of drug-likeness (QED) is 0.664. The molecule has 0 saturated carbocycles. The summed E-state index contributed by atoms with van der Waals surface area (Å²) >= 11 is 1.57. The zero-order valence-corrected chi connectivity index (χ0v) is 14.1. The maximum Gasteiger partial charge on any atom is 0.139 e. The lowest BCUT2D eigenvalue weighted by molar-refractivity contribution is 0.595. The zero-order valence-electron chi connectivity index (χ0n) is 12.4. The molecule has 0 bridgehead atoms. The Hall–Kier alpha value is -1.85. The van der Waals surface area contributed by atoms with Crippen molar-refractivity contribution in [1.82, 2.24) is 4.98 Å². The third-order valence-electron chi connectivity index (χ3n) is 3.43. The van der Waals surface area contributed by atoms with E-state index in [9.17, 15) is 8.60 Å². The standard InChI is InChI=1S/C18H16FNOS2/c19-16-8-4-5-9-17(16)23(21)13-15-12-22-18(20-15)11-10-14-6-2-1-3-7-14/h1-9,12H,10-11,13H2/t23-/m1/s1. The lowest BCUT2D eigenvalue weighted by atomic mass is 10.1. The van der Waals surface area contributed by atoms with Crippen LogP contribution in [0.2, 0.25) is 0 Å². The van der Waals surface area contributed by atoms with Gasteiger partial charge >= 0.3 is 0 Å². The molecule has 5 heteroatoms. The van der Waals surface area contributed by atoms with Crippen LogP contribution in [0.4, 0.5) is 4.39 Å². The van der Waals surface area contributed by atoms with Crippen molar-refractivity contribution in [1.29, 1.82) is 0 Å². The summed E-state index contributed by atoms with van der Waals surface area (Å²) in [7, 11) is -1.40. The molecule has 0 spiro atoms. The summed E-state index contributed by atoms with van der Waals surface area (Å²) < 4.78 is 25.9. The van der Waals surface area contributed by atoms with Gasteiger partial charge in [-0.25, -0.2) is 9.37 Å². The van der Waals surface area contributed by atoms with Gasteiger partial charge in [0, 0.05) is 11.8 Å². The first-order valence-corrected chi connectivity index (χ1v) is 9.52. The highest BCUT2D eigenvalue weighted by atomic mass is 32.2. The van der Waals surface area contributed by atoms with Crippen LogP contribution in [0.15, 0.2) is 64.9 Å². The Balaban J connectivity index is 1.61. The Morgan fingerprint density at radius 3 is 2.52 bits per heavy atom. The average Bonchev–Trinajstić information content (AvgIpc) is 3.02. The third-order valence-corrected chi connectivity index (χ3v) is 5.77. The van der Waals surface area contributed by atoms with Crippen LogP contribution in [0.3, 0.4) is 0 Å². The predicted molar refractivity (Wildman–Crippen MR) is 92.5 cm³/mol. The number of nitrogens with zero attached hydrogens (tertiary/aromatic N) is 1. The first kappa shape index (κ1) is 16.0. The Bertz CT molecular complexity index is 802. The number of hydrogen-bond donors (Lipinski definition) is 0. The second-order valence-electron chi connectivity index (χ2n) is 5.14. The highest BCUT2D eigenvalue weighted by Gasteiger charge is 2.12. The molecule has 1 heterocycles. The monoisotopic (exact) mass is 345 g/mol. The maximum atomic E-state index is 13.6. The number of aromatic nitrogens is 1. The van der Waals surface area contributed by atoms with E-state index in [0.717, 1.165) is 23.5 Å². The van der Waals surface area contributed by atoms with Crippen LogP contribution in [0.5, 0.6) is 0 Å². The first-order chi connectivity index (χ1) is 11.2. The molecule has 0 aliphatic carbocycles. The van der Waals surface area contributed by atoms with E-state index in [1.165, 1.54) is 11.6 Å². The molecule has 23 heavy (non-hydrogen) atoms. The average molecular weight is 345 g/mol. The van der Waals surface area contributed by atoms with Crippen LogP contribution in [-0.4, -0.2) is 9.19 Å². The van der Waals surface area contributed by atoms with E-state index in [2.05, 4.69) is 17.1 Å². The fourth-order valence-corrected chi connectivity index (χ4v) is 4.26. The summed E-state index contributed by atoms with van der Waals surface area (Å²) in [4.78, 5) is 4.77. The lowest BCUT2D eigenvalue weighted by Gasteiger charge is -2.01. The van der Waals surface area contributed by atoms with E-state index in [4.69, 9.17) is 0 Å². The van der Waals surface area contributed by atoms with Crippen molar-refractivity contribution in [3.63, 3.8) is 0 Å². The number of halogens is 1. The molecule has 0 aliphatic rings. The Kier molecular flexibility index (Phi) is 5.31. The summed E-state index contributed by atoms with van der Waals surface area (Å²) in [5.41, 5.74) is 2.04. The van der Waals surface area contributed by atoms with Gasteiger partial charge in [-0.05, 0) is 24.1 Å². The van der Waals surface area contributed by atoms with Crippen LogP contribution in [-0.2, 0) is 29.4 Å². The van der Waals surface area contributed by atoms with Crippen LogP contribution >= 0.6 is 11.3 Å². The Morgan fingerprint density at radius 1 is 1.00 bits per heavy atom. The first-order valence-electron chi connectivity index (χ1n) is 7.32. The number of hydrogen-bond acceptors (Lipinski definition) is 3. The molecule has 0 amide bonds. The van der Waals surface area contributed by atoms with Crippen LogP contribution in [0.25, 0.3) is 0 Å². The third kappa shape index (κ3) is 4.33. The van der Waals surface area contributed by atoms with Crippen molar-refractivity contribution in [2.24, 2.45) is 0 Å². The molecular formula is C18H16FNOS2. The number of aryl methyl sites for hydroxylation is 2. The van der Waals surface area contributed by atoms with E-state index in [1.54, 1.807) is 29.5 Å². The maximum absolute atomic E-state index is 13.6. The zero-order chi connectivity index (χ0) is 16.1. The molecule has 0 aliphatic heterocycles. The van der Waals surface area contributed by atoms with E-state index in [-0.39, 0.29) is 10.6 Å². The molecule has 0 N–H and O–H groups in total. The van der Waals surface area contributed by atoms with E-state index >= 15 is 0 Å². The summed E-state index contributed by atoms with van der Waals surface area (Å²) in [6.45, 7) is 0. The molecule has 0 fully saturated rings. The van der Waals surface area contributed by atoms with Gasteiger partial charge in [0.25, 0.3) is 0 Å². The van der Waals surface area contributed by atoms with Gasteiger partial charge in [0.15, 0.2) is 0 Å². The van der Waals surface area contributed by atoms with Crippen molar-refractivity contribution < 1.29 is 8.60 Å². The van der Waals surface area contributed by atoms with Crippen molar-refractivity contribution >= 4 is 22.1 Å². The van der Waals surface area contributed by atoms with Crippen LogP contribution in [0, 0.1) is 5.82 Å². The minimum absolute atomic E-state index is 0.242. The topological polar surface area (TPSA) is 30.0 Å². The van der Waals surface area contributed by atoms with Gasteiger partial charge in [-0.3, -0.25) is 4.21 Å². The highest BCUT2D eigenvalue weighted by Crippen LogP contribution is 2.18. The summed E-state index contributed by atoms with van der Waals surface area (Å²) in [6, 6.07) is 16.4. The molecule has 118 valence electrons. The Labute approximate surface area is 141 Å². The van der Waals surface area contributed by atoms with Gasteiger partial charge in [-0.1, -0.05) is 42.5 Å². The van der Waals surface area contributed by atoms with Gasteiger partial charge in [0.2, 0.25) is 0 Å². The van der Waals surface area contributed by atoms with Gasteiger partial charge in [0.05, 0.1) is 32.1 Å². The van der Waals surface area contributed by atoms with Crippen LogP contribution < -0.4 is 0 Å². The second-order valence-corrected chi connectivity index (χ2v) is 7.50. The van der Waals surface area contributed by atoms with Gasteiger partial charge in [-0.15, -0.1) is 11.3 Å². The summed E-state index contributed by atoms with van der Waals surface area (Å²) in [5.74, 6) is -0.173. The van der Waals surface area contributed by atoms with Crippen molar-refractivity contribution in [3.05, 3.63) is 82.1 Å². The molecule has 3 rings (SSSR count). The summed E-state index contributed by atoms with van der Waals surface area (Å²) in [5, 5.41) is 2.94. The molecule has 1 aromatic heterocycles. The van der Waals surface area contributed by atoms with Gasteiger partial charge in [-0.2, -0.15) is 0 Å². The van der Waals surface area contributed by atoms with Gasteiger partial charge < -0.3 is 0 Å². The molecule has 0 radical (unpaired) electrons. The number of thiazole rings is 1. The fourth-order valence-electron chi connectivity index (χ4n) is 2.27. The SMILES string of the molecule is O=[S@](Cc1csc(CCc2ccccc2)n1)c1ccccc1F. The highest BCUT2D eigenvalue weighted by molar-refractivity contribution is 7.84. The molecular weight excluding hydrogens is 329 g/mol. The second kappa shape index (κ2) is 7.62. The van der Waals surface area contributed by atoms with Crippen LogP contribution in [0.1, 0.15) is 16.3 Å². The molecule has 2 aromatic carbocycles. The fraction of sp³-hybridized carbons (Fsp3) is 0.167.